The highest BCUT2D eigenvalue weighted by atomic mass is 127. The predicted molar refractivity (Wildman–Crippen MR) is 102 cm³/mol. The Kier molecular flexibility index (Phi) is 10.6. The highest BCUT2D eigenvalue weighted by molar-refractivity contribution is 14.1. The molecule has 0 heterocycles. The molecule has 0 bridgehead atoms. The summed E-state index contributed by atoms with van der Waals surface area (Å²) >= 11 is 13.3. The lowest BCUT2D eigenvalue weighted by molar-refractivity contribution is 0.0685. The monoisotopic (exact) mass is 468 g/mol. The minimum Gasteiger partial charge on any atom is -0.478 e. The van der Waals surface area contributed by atoms with Crippen molar-refractivity contribution >= 4 is 57.7 Å². The minimum atomic E-state index is -0.934. The van der Waals surface area contributed by atoms with Crippen molar-refractivity contribution in [1.82, 2.24) is 0 Å². The number of benzene rings is 2. The number of hydrogen-bond donors (Lipinski definition) is 2. The number of aryl methyl sites for hydroxylation is 1. The summed E-state index contributed by atoms with van der Waals surface area (Å²) in [6.45, 7) is 1.72. The third-order valence-corrected chi connectivity index (χ3v) is 3.00. The smallest absolute Gasteiger partial charge is 0.335 e. The lowest BCUT2D eigenvalue weighted by Gasteiger charge is -1.98. The fraction of sp³-hybridized carbons (Fsp3) is 0.125. The van der Waals surface area contributed by atoms with Gasteiger partial charge in [0.15, 0.2) is 0 Å². The van der Waals surface area contributed by atoms with Gasteiger partial charge in [0.2, 0.25) is 0 Å². The second-order valence-corrected chi connectivity index (χ2v) is 4.95. The molecule has 0 aliphatic heterocycles. The molecular weight excluding hydrogens is 454 g/mol. The Morgan fingerprint density at radius 3 is 1.74 bits per heavy atom. The molecule has 2 aromatic rings. The Bertz CT molecular complexity index is 658. The maximum atomic E-state index is 10.5. The molecule has 0 spiro atoms. The number of aromatic carboxylic acids is 2. The number of halogens is 3. The zero-order valence-corrected chi connectivity index (χ0v) is 16.1. The molecular formula is C16H15Cl2IO4. The molecule has 0 aromatic heterocycles. The Labute approximate surface area is 158 Å². The normalized spacial score (nSPS) is 8.91. The molecule has 0 saturated heterocycles. The van der Waals surface area contributed by atoms with Gasteiger partial charge in [-0.25, -0.2) is 9.59 Å². The average Bonchev–Trinajstić information content (AvgIpc) is 2.50. The largest absolute Gasteiger partial charge is 0.478 e. The number of alkyl halides is 1. The van der Waals surface area contributed by atoms with E-state index in [0.29, 0.717) is 21.2 Å². The fourth-order valence-corrected chi connectivity index (χ4v) is 1.81. The second kappa shape index (κ2) is 11.3. The van der Waals surface area contributed by atoms with Crippen molar-refractivity contribution in [2.75, 3.05) is 4.93 Å². The van der Waals surface area contributed by atoms with Crippen LogP contribution in [0.4, 0.5) is 0 Å². The van der Waals surface area contributed by atoms with Gasteiger partial charge < -0.3 is 10.2 Å². The Balaban J connectivity index is 0.000000381. The van der Waals surface area contributed by atoms with E-state index in [1.165, 1.54) is 18.2 Å². The summed E-state index contributed by atoms with van der Waals surface area (Å²) in [4.78, 5) is 22.7. The Morgan fingerprint density at radius 1 is 0.870 bits per heavy atom. The molecule has 0 amide bonds. The van der Waals surface area contributed by atoms with Crippen molar-refractivity contribution in [3.05, 3.63) is 69.2 Å². The zero-order chi connectivity index (χ0) is 18.0. The van der Waals surface area contributed by atoms with E-state index in [1.807, 2.05) is 4.93 Å². The van der Waals surface area contributed by atoms with Gasteiger partial charge in [0.25, 0.3) is 0 Å². The number of carboxylic acids is 2. The van der Waals surface area contributed by atoms with Crippen molar-refractivity contribution in [2.45, 2.75) is 6.92 Å². The van der Waals surface area contributed by atoms with Gasteiger partial charge in [-0.3, -0.25) is 0 Å². The lowest BCUT2D eigenvalue weighted by Crippen LogP contribution is -1.98. The van der Waals surface area contributed by atoms with Gasteiger partial charge in [-0.05, 0) is 59.9 Å². The van der Waals surface area contributed by atoms with E-state index in [-0.39, 0.29) is 5.56 Å². The van der Waals surface area contributed by atoms with Crippen molar-refractivity contribution < 1.29 is 19.8 Å². The van der Waals surface area contributed by atoms with Gasteiger partial charge in [0.1, 0.15) is 0 Å². The summed E-state index contributed by atoms with van der Waals surface area (Å²) in [6, 6.07) is 10.7. The van der Waals surface area contributed by atoms with Gasteiger partial charge in [-0.2, -0.15) is 0 Å². The molecule has 2 aromatic carbocycles. The van der Waals surface area contributed by atoms with Crippen LogP contribution in [-0.2, 0) is 0 Å². The average molecular weight is 469 g/mol. The van der Waals surface area contributed by atoms with Crippen LogP contribution >= 0.6 is 45.8 Å². The molecule has 0 aliphatic rings. The number of carbonyl (C=O) groups is 2. The van der Waals surface area contributed by atoms with Crippen LogP contribution in [0, 0.1) is 6.92 Å². The highest BCUT2D eigenvalue weighted by Crippen LogP contribution is 2.14. The van der Waals surface area contributed by atoms with E-state index in [9.17, 15) is 9.59 Å². The van der Waals surface area contributed by atoms with Crippen molar-refractivity contribution in [2.24, 2.45) is 0 Å². The third-order valence-electron chi connectivity index (χ3n) is 2.51. The minimum absolute atomic E-state index is 0.254. The van der Waals surface area contributed by atoms with Crippen LogP contribution in [0.3, 0.4) is 0 Å². The van der Waals surface area contributed by atoms with E-state index in [0.717, 1.165) is 0 Å². The molecule has 124 valence electrons. The van der Waals surface area contributed by atoms with Crippen LogP contribution in [0.5, 0.6) is 0 Å². The molecule has 0 saturated carbocycles. The van der Waals surface area contributed by atoms with Gasteiger partial charge in [0, 0.05) is 10.0 Å². The lowest BCUT2D eigenvalue weighted by atomic mass is 10.1. The summed E-state index contributed by atoms with van der Waals surface area (Å²) in [5, 5.41) is 18.2. The Hall–Kier alpha value is -1.31. The topological polar surface area (TPSA) is 74.6 Å². The van der Waals surface area contributed by atoms with Crippen LogP contribution in [0.2, 0.25) is 10.0 Å². The standard InChI is InChI=1S/C8H7ClO2.C7H5ClO2.CH3I/c1-5-4-6(9)2-3-7(5)8(10)11;8-6-3-1-5(2-4-6)7(9)10;1-2/h2-4H,1H3,(H,10,11);1-4H,(H,9,10);1H3. The van der Waals surface area contributed by atoms with Crippen molar-refractivity contribution in [1.29, 1.82) is 0 Å². The highest BCUT2D eigenvalue weighted by Gasteiger charge is 2.05. The molecule has 7 heteroatoms. The van der Waals surface area contributed by atoms with Crippen LogP contribution in [0.1, 0.15) is 26.3 Å². The maximum Gasteiger partial charge on any atom is 0.335 e. The van der Waals surface area contributed by atoms with Crippen LogP contribution in [0.25, 0.3) is 0 Å². The summed E-state index contributed by atoms with van der Waals surface area (Å²) in [6.07, 6.45) is 0. The molecule has 0 unspecified atom stereocenters. The first-order chi connectivity index (χ1) is 10.8. The summed E-state index contributed by atoms with van der Waals surface area (Å²) in [7, 11) is 0. The van der Waals surface area contributed by atoms with E-state index >= 15 is 0 Å². The summed E-state index contributed by atoms with van der Waals surface area (Å²) in [5.74, 6) is -1.85. The number of hydrogen-bond acceptors (Lipinski definition) is 2. The van der Waals surface area contributed by atoms with Gasteiger partial charge >= 0.3 is 11.9 Å². The molecule has 0 aliphatic carbocycles. The molecule has 2 N–H and O–H groups in total. The molecule has 0 atom stereocenters. The summed E-state index contributed by atoms with van der Waals surface area (Å²) < 4.78 is 0. The second-order valence-electron chi connectivity index (χ2n) is 4.08. The quantitative estimate of drug-likeness (QED) is 0.454. The molecule has 2 rings (SSSR count). The Morgan fingerprint density at radius 2 is 1.35 bits per heavy atom. The molecule has 4 nitrogen and oxygen atoms in total. The molecule has 0 radical (unpaired) electrons. The first-order valence-electron chi connectivity index (χ1n) is 6.17. The predicted octanol–water partition coefficient (Wildman–Crippen LogP) is 5.44. The first-order valence-corrected chi connectivity index (χ1v) is 9.08. The van der Waals surface area contributed by atoms with E-state index in [2.05, 4.69) is 22.6 Å². The fourth-order valence-electron chi connectivity index (χ4n) is 1.46. The molecule has 23 heavy (non-hydrogen) atoms. The van der Waals surface area contributed by atoms with Crippen LogP contribution in [0.15, 0.2) is 42.5 Å². The van der Waals surface area contributed by atoms with E-state index in [4.69, 9.17) is 33.4 Å². The van der Waals surface area contributed by atoms with Crippen LogP contribution in [-0.4, -0.2) is 27.1 Å². The van der Waals surface area contributed by atoms with E-state index < -0.39 is 11.9 Å². The van der Waals surface area contributed by atoms with Gasteiger partial charge in [0.05, 0.1) is 11.1 Å². The van der Waals surface area contributed by atoms with Gasteiger partial charge in [-0.1, -0.05) is 45.8 Å². The van der Waals surface area contributed by atoms with E-state index in [1.54, 1.807) is 31.2 Å². The maximum absolute atomic E-state index is 10.5. The number of carboxylic acid groups (broad SMARTS) is 2. The number of rotatable bonds is 2. The van der Waals surface area contributed by atoms with Crippen LogP contribution < -0.4 is 0 Å². The summed E-state index contributed by atoms with van der Waals surface area (Å²) in [5.41, 5.74) is 1.24. The zero-order valence-electron chi connectivity index (χ0n) is 12.4. The van der Waals surface area contributed by atoms with Crippen molar-refractivity contribution in [3.63, 3.8) is 0 Å². The first kappa shape index (κ1) is 21.7. The third kappa shape index (κ3) is 8.20. The van der Waals surface area contributed by atoms with Crippen molar-refractivity contribution in [3.8, 4) is 0 Å². The molecule has 0 fully saturated rings. The van der Waals surface area contributed by atoms with Gasteiger partial charge in [-0.15, -0.1) is 0 Å². The SMILES string of the molecule is CI.Cc1cc(Cl)ccc1C(=O)O.O=C(O)c1ccc(Cl)cc1.